The van der Waals surface area contributed by atoms with Gasteiger partial charge in [0.25, 0.3) is 15.9 Å². The van der Waals surface area contributed by atoms with Crippen molar-refractivity contribution >= 4 is 61.9 Å². The number of benzene rings is 1. The van der Waals surface area contributed by atoms with Crippen LogP contribution in [0.15, 0.2) is 43.8 Å². The van der Waals surface area contributed by atoms with Gasteiger partial charge in [-0.05, 0) is 61.0 Å². The van der Waals surface area contributed by atoms with Gasteiger partial charge in [-0.2, -0.15) is 8.42 Å². The molecule has 1 saturated heterocycles. The van der Waals surface area contributed by atoms with Crippen molar-refractivity contribution in [1.29, 1.82) is 0 Å². The first-order valence-electron chi connectivity index (χ1n) is 12.4. The van der Waals surface area contributed by atoms with E-state index < -0.39 is 10.0 Å². The summed E-state index contributed by atoms with van der Waals surface area (Å²) in [5.74, 6) is 0.928. The van der Waals surface area contributed by atoms with Crippen molar-refractivity contribution in [3.63, 3.8) is 0 Å². The average Bonchev–Trinajstić information content (AvgIpc) is 3.44. The number of unbranched alkanes of at least 4 members (excludes halogenated alkanes) is 6. The molecule has 1 aromatic heterocycles. The van der Waals surface area contributed by atoms with Crippen molar-refractivity contribution in [2.45, 2.75) is 63.0 Å². The fourth-order valence-electron chi connectivity index (χ4n) is 3.73. The number of hydrogen-bond donors (Lipinski definition) is 0. The summed E-state index contributed by atoms with van der Waals surface area (Å²) in [5.41, 5.74) is 0.747. The maximum absolute atomic E-state index is 13.0. The van der Waals surface area contributed by atoms with Gasteiger partial charge in [-0.3, -0.25) is 9.69 Å². The van der Waals surface area contributed by atoms with Crippen LogP contribution in [0.25, 0.3) is 6.08 Å². The Kier molecular flexibility index (Phi) is 11.4. The van der Waals surface area contributed by atoms with Crippen LogP contribution in [-0.2, 0) is 14.8 Å². The van der Waals surface area contributed by atoms with Crippen molar-refractivity contribution in [3.05, 3.63) is 45.1 Å². The molecule has 0 N–H and O–H groups in total. The zero-order valence-electron chi connectivity index (χ0n) is 21.4. The van der Waals surface area contributed by atoms with E-state index in [9.17, 15) is 13.2 Å². The first-order valence-corrected chi connectivity index (χ1v) is 15.9. The van der Waals surface area contributed by atoms with Crippen LogP contribution in [0.3, 0.4) is 0 Å². The number of ether oxygens (including phenoxy) is 2. The van der Waals surface area contributed by atoms with Crippen LogP contribution in [0.1, 0.15) is 64.4 Å². The summed E-state index contributed by atoms with van der Waals surface area (Å²) >= 11 is 7.85. The molecule has 3 rings (SSSR count). The molecule has 1 aliphatic heterocycles. The third kappa shape index (κ3) is 8.24. The molecule has 0 aliphatic carbocycles. The number of halogens is 1. The maximum atomic E-state index is 13.0. The number of thioether (sulfide) groups is 1. The van der Waals surface area contributed by atoms with Gasteiger partial charge in [-0.1, -0.05) is 63.1 Å². The Balaban J connectivity index is 1.72. The number of sulfonamides is 1. The number of thiophene rings is 1. The van der Waals surface area contributed by atoms with Crippen LogP contribution >= 0.6 is 34.7 Å². The van der Waals surface area contributed by atoms with Gasteiger partial charge in [0.05, 0.1) is 23.0 Å². The molecule has 1 aromatic carbocycles. The minimum absolute atomic E-state index is 0.0319. The van der Waals surface area contributed by atoms with Crippen molar-refractivity contribution < 1.29 is 22.7 Å². The summed E-state index contributed by atoms with van der Waals surface area (Å²) in [6.45, 7) is 4.86. The highest BCUT2D eigenvalue weighted by atomic mass is 35.5. The van der Waals surface area contributed by atoms with Crippen LogP contribution < -0.4 is 9.47 Å². The molecule has 0 atom stereocenters. The van der Waals surface area contributed by atoms with E-state index in [1.54, 1.807) is 26.2 Å². The quantitative estimate of drug-likeness (QED) is 0.172. The van der Waals surface area contributed by atoms with Gasteiger partial charge < -0.3 is 9.47 Å². The van der Waals surface area contributed by atoms with Gasteiger partial charge in [0, 0.05) is 6.54 Å². The topological polar surface area (TPSA) is 85.3 Å². The number of amidine groups is 1. The van der Waals surface area contributed by atoms with Crippen LogP contribution in [0.2, 0.25) is 4.34 Å². The molecule has 0 radical (unpaired) electrons. The zero-order chi connectivity index (χ0) is 26.8. The number of hydrogen-bond acceptors (Lipinski definition) is 7. The number of nitrogens with zero attached hydrogens (tertiary/aromatic N) is 2. The number of methoxy groups -OCH3 is 1. The molecule has 1 amide bonds. The molecule has 0 spiro atoms. The zero-order valence-corrected chi connectivity index (χ0v) is 24.6. The van der Waals surface area contributed by atoms with Gasteiger partial charge in [0.1, 0.15) is 4.21 Å². The number of carbonyl (C=O) groups excluding carboxylic acids is 1. The number of amides is 1. The Morgan fingerprint density at radius 1 is 1.03 bits per heavy atom. The van der Waals surface area contributed by atoms with E-state index in [1.807, 2.05) is 12.1 Å². The van der Waals surface area contributed by atoms with E-state index in [2.05, 4.69) is 11.3 Å². The molecule has 2 heterocycles. The fourth-order valence-corrected chi connectivity index (χ4v) is 7.43. The van der Waals surface area contributed by atoms with Crippen LogP contribution in [0.4, 0.5) is 0 Å². The summed E-state index contributed by atoms with van der Waals surface area (Å²) in [4.78, 5) is 14.7. The van der Waals surface area contributed by atoms with E-state index in [-0.39, 0.29) is 21.8 Å². The molecule has 1 fully saturated rings. The Morgan fingerprint density at radius 2 is 1.76 bits per heavy atom. The standard InChI is InChI=1S/C26H33ClN2O5S3/c1-4-6-7-8-9-10-11-16-34-21-17-19(12-13-20(21)33-3)18-22-25(30)29(5-2)26(35-22)28-37(31,32)24-15-14-23(27)36-24/h12-15,17-18H,4-11,16H2,1-3H3. The molecule has 37 heavy (non-hydrogen) atoms. The van der Waals surface area contributed by atoms with Crippen molar-refractivity contribution in [2.24, 2.45) is 4.40 Å². The molecular weight excluding hydrogens is 552 g/mol. The molecule has 1 aliphatic rings. The summed E-state index contributed by atoms with van der Waals surface area (Å²) in [5, 5.41) is 0.118. The smallest absolute Gasteiger partial charge is 0.294 e. The van der Waals surface area contributed by atoms with Gasteiger partial charge in [0.2, 0.25) is 0 Å². The molecule has 7 nitrogen and oxygen atoms in total. The Bertz CT molecular complexity index is 1240. The number of carbonyl (C=O) groups is 1. The lowest BCUT2D eigenvalue weighted by Gasteiger charge is -2.12. The Hall–Kier alpha value is -2.01. The van der Waals surface area contributed by atoms with E-state index in [0.717, 1.165) is 41.5 Å². The molecule has 0 unspecified atom stereocenters. The molecule has 0 saturated carbocycles. The number of rotatable bonds is 14. The third-order valence-electron chi connectivity index (χ3n) is 5.70. The Morgan fingerprint density at radius 3 is 2.41 bits per heavy atom. The minimum atomic E-state index is -3.98. The second kappa shape index (κ2) is 14.2. The highest BCUT2D eigenvalue weighted by molar-refractivity contribution is 8.19. The van der Waals surface area contributed by atoms with Gasteiger partial charge in [-0.25, -0.2) is 0 Å². The van der Waals surface area contributed by atoms with E-state index >= 15 is 0 Å². The van der Waals surface area contributed by atoms with Crippen LogP contribution in [0, 0.1) is 0 Å². The average molecular weight is 585 g/mol. The molecule has 2 aromatic rings. The van der Waals surface area contributed by atoms with Gasteiger partial charge in [-0.15, -0.1) is 15.7 Å². The predicted molar refractivity (Wildman–Crippen MR) is 153 cm³/mol. The van der Waals surface area contributed by atoms with Crippen molar-refractivity contribution in [2.75, 3.05) is 20.3 Å². The molecule has 0 bridgehead atoms. The molecule has 11 heteroatoms. The molecular formula is C26H33ClN2O5S3. The SMILES string of the molecule is CCCCCCCCCOc1cc(C=C2SC(=NS(=O)(=O)c3ccc(Cl)s3)N(CC)C2=O)ccc1OC. The summed E-state index contributed by atoms with van der Waals surface area (Å²) < 4.78 is 41.2. The lowest BCUT2D eigenvalue weighted by atomic mass is 10.1. The lowest BCUT2D eigenvalue weighted by molar-refractivity contribution is -0.122. The normalized spacial score (nSPS) is 16.2. The first kappa shape index (κ1) is 29.5. The third-order valence-corrected chi connectivity index (χ3v) is 9.78. The van der Waals surface area contributed by atoms with Gasteiger partial charge >= 0.3 is 0 Å². The lowest BCUT2D eigenvalue weighted by Crippen LogP contribution is -2.29. The van der Waals surface area contributed by atoms with Gasteiger partial charge in [0.15, 0.2) is 16.7 Å². The molecule has 202 valence electrons. The second-order valence-corrected chi connectivity index (χ2v) is 13.0. The highest BCUT2D eigenvalue weighted by Gasteiger charge is 2.34. The minimum Gasteiger partial charge on any atom is -0.493 e. The largest absolute Gasteiger partial charge is 0.493 e. The van der Waals surface area contributed by atoms with E-state index in [1.165, 1.54) is 49.1 Å². The maximum Gasteiger partial charge on any atom is 0.294 e. The Labute approximate surface area is 233 Å². The van der Waals surface area contributed by atoms with Crippen molar-refractivity contribution in [1.82, 2.24) is 4.90 Å². The highest BCUT2D eigenvalue weighted by Crippen LogP contribution is 2.36. The van der Waals surface area contributed by atoms with Crippen LogP contribution in [0.5, 0.6) is 11.5 Å². The van der Waals surface area contributed by atoms with Crippen LogP contribution in [-0.4, -0.2) is 44.7 Å². The predicted octanol–water partition coefficient (Wildman–Crippen LogP) is 7.22. The summed E-state index contributed by atoms with van der Waals surface area (Å²) in [6, 6.07) is 8.37. The second-order valence-electron chi connectivity index (χ2n) is 8.45. The van der Waals surface area contributed by atoms with E-state index in [0.29, 0.717) is 27.3 Å². The van der Waals surface area contributed by atoms with Crippen molar-refractivity contribution in [3.8, 4) is 11.5 Å². The fraction of sp³-hybridized carbons (Fsp3) is 0.462. The number of likely N-dealkylation sites (N-methyl/N-ethyl adjacent to an activating group) is 1. The monoisotopic (exact) mass is 584 g/mol. The summed E-state index contributed by atoms with van der Waals surface area (Å²) in [7, 11) is -2.39. The summed E-state index contributed by atoms with van der Waals surface area (Å²) in [6.07, 6.45) is 10.1. The first-order chi connectivity index (χ1) is 17.8. The van der Waals surface area contributed by atoms with E-state index in [4.69, 9.17) is 21.1 Å².